The van der Waals surface area contributed by atoms with Crippen molar-refractivity contribution in [2.24, 2.45) is 0 Å². The van der Waals surface area contributed by atoms with E-state index >= 15 is 0 Å². The van der Waals surface area contributed by atoms with Gasteiger partial charge in [0, 0.05) is 22.8 Å². The summed E-state index contributed by atoms with van der Waals surface area (Å²) in [5.74, 6) is 1.81. The molecule has 132 valence electrons. The molecule has 0 bridgehead atoms. The van der Waals surface area contributed by atoms with E-state index in [2.05, 4.69) is 43.1 Å². The Balaban J connectivity index is 1.85. The number of carbonyl (C=O) groups is 1. The zero-order valence-electron chi connectivity index (χ0n) is 14.6. The van der Waals surface area contributed by atoms with E-state index in [-0.39, 0.29) is 5.91 Å². The number of rotatable bonds is 9. The van der Waals surface area contributed by atoms with Gasteiger partial charge in [-0.15, -0.1) is 11.8 Å². The molecular formula is C20H23NO3S. The standard InChI is InChI=1S/C20H23NO3S/c1-4-12-24-18-10-7-16(14-19(18)23-3)20(22)21-11-13-25-17-8-5-15(2)6-9-17/h4-10,14H,1,11-13H2,2-3H3,(H,21,22). The van der Waals surface area contributed by atoms with Crippen molar-refractivity contribution < 1.29 is 14.3 Å². The third-order valence-electron chi connectivity index (χ3n) is 3.46. The van der Waals surface area contributed by atoms with Gasteiger partial charge >= 0.3 is 0 Å². The minimum Gasteiger partial charge on any atom is -0.493 e. The summed E-state index contributed by atoms with van der Waals surface area (Å²) in [5, 5.41) is 2.92. The molecule has 0 aliphatic rings. The van der Waals surface area contributed by atoms with E-state index in [1.165, 1.54) is 10.5 Å². The Hall–Kier alpha value is -2.40. The highest BCUT2D eigenvalue weighted by Gasteiger charge is 2.10. The predicted octanol–water partition coefficient (Wildman–Crippen LogP) is 4.09. The quantitative estimate of drug-likeness (QED) is 0.417. The minimum absolute atomic E-state index is 0.127. The van der Waals surface area contributed by atoms with Gasteiger partial charge in [-0.3, -0.25) is 4.79 Å². The first-order valence-corrected chi connectivity index (χ1v) is 9.02. The number of benzene rings is 2. The summed E-state index contributed by atoms with van der Waals surface area (Å²) in [5.41, 5.74) is 1.79. The second-order valence-corrected chi connectivity index (χ2v) is 6.55. The van der Waals surface area contributed by atoms with Crippen LogP contribution < -0.4 is 14.8 Å². The molecule has 0 spiro atoms. The third-order valence-corrected chi connectivity index (χ3v) is 4.47. The number of amides is 1. The number of nitrogens with one attached hydrogen (secondary N) is 1. The Morgan fingerprint density at radius 1 is 1.20 bits per heavy atom. The van der Waals surface area contributed by atoms with Gasteiger partial charge in [-0.25, -0.2) is 0 Å². The fourth-order valence-corrected chi connectivity index (χ4v) is 2.92. The number of ether oxygens (including phenoxy) is 2. The second kappa shape index (κ2) is 9.79. The summed E-state index contributed by atoms with van der Waals surface area (Å²) in [6.45, 7) is 6.66. The molecule has 0 saturated heterocycles. The summed E-state index contributed by atoms with van der Waals surface area (Å²) in [6, 6.07) is 13.5. The van der Waals surface area contributed by atoms with Crippen molar-refractivity contribution >= 4 is 17.7 Å². The normalized spacial score (nSPS) is 10.2. The molecule has 0 radical (unpaired) electrons. The fourth-order valence-electron chi connectivity index (χ4n) is 2.15. The van der Waals surface area contributed by atoms with Crippen molar-refractivity contribution in [1.29, 1.82) is 0 Å². The maximum Gasteiger partial charge on any atom is 0.251 e. The highest BCUT2D eigenvalue weighted by molar-refractivity contribution is 7.99. The van der Waals surface area contributed by atoms with Crippen LogP contribution in [-0.2, 0) is 0 Å². The summed E-state index contributed by atoms with van der Waals surface area (Å²) < 4.78 is 10.8. The number of carbonyl (C=O) groups excluding carboxylic acids is 1. The number of hydrogen-bond donors (Lipinski definition) is 1. The van der Waals surface area contributed by atoms with E-state index in [9.17, 15) is 4.79 Å². The van der Waals surface area contributed by atoms with Crippen LogP contribution in [0.25, 0.3) is 0 Å². The molecule has 0 fully saturated rings. The van der Waals surface area contributed by atoms with Crippen molar-refractivity contribution in [2.75, 3.05) is 26.0 Å². The maximum absolute atomic E-state index is 12.3. The Morgan fingerprint density at radius 3 is 2.64 bits per heavy atom. The summed E-state index contributed by atoms with van der Waals surface area (Å²) >= 11 is 1.72. The molecular weight excluding hydrogens is 334 g/mol. The molecule has 0 saturated carbocycles. The lowest BCUT2D eigenvalue weighted by molar-refractivity contribution is 0.0955. The van der Waals surface area contributed by atoms with E-state index in [1.54, 1.807) is 43.1 Å². The average Bonchev–Trinajstić information content (AvgIpc) is 2.64. The first kappa shape index (κ1) is 18.9. The van der Waals surface area contributed by atoms with Gasteiger partial charge in [-0.1, -0.05) is 30.4 Å². The Labute approximate surface area is 153 Å². The summed E-state index contributed by atoms with van der Waals surface area (Å²) in [4.78, 5) is 13.5. The van der Waals surface area contributed by atoms with Crippen molar-refractivity contribution in [2.45, 2.75) is 11.8 Å². The molecule has 0 aliphatic heterocycles. The van der Waals surface area contributed by atoms with E-state index in [0.29, 0.717) is 30.2 Å². The Morgan fingerprint density at radius 2 is 1.96 bits per heavy atom. The molecule has 0 unspecified atom stereocenters. The van der Waals surface area contributed by atoms with Crippen LogP contribution in [0.2, 0.25) is 0 Å². The maximum atomic E-state index is 12.3. The molecule has 2 aromatic rings. The molecule has 5 heteroatoms. The van der Waals surface area contributed by atoms with Crippen LogP contribution in [0.5, 0.6) is 11.5 Å². The molecule has 1 N–H and O–H groups in total. The molecule has 2 aromatic carbocycles. The molecule has 25 heavy (non-hydrogen) atoms. The van der Waals surface area contributed by atoms with E-state index in [4.69, 9.17) is 9.47 Å². The molecule has 2 rings (SSSR count). The molecule has 0 aromatic heterocycles. The van der Waals surface area contributed by atoms with Gasteiger partial charge < -0.3 is 14.8 Å². The summed E-state index contributed by atoms with van der Waals surface area (Å²) in [7, 11) is 1.55. The largest absolute Gasteiger partial charge is 0.493 e. The molecule has 0 atom stereocenters. The molecule has 1 amide bonds. The monoisotopic (exact) mass is 357 g/mol. The van der Waals surface area contributed by atoms with Crippen LogP contribution in [0.15, 0.2) is 60.0 Å². The van der Waals surface area contributed by atoms with Gasteiger partial charge in [0.2, 0.25) is 0 Å². The van der Waals surface area contributed by atoms with Crippen molar-refractivity contribution in [3.63, 3.8) is 0 Å². The first-order chi connectivity index (χ1) is 12.1. The van der Waals surface area contributed by atoms with Gasteiger partial charge in [-0.2, -0.15) is 0 Å². The zero-order valence-corrected chi connectivity index (χ0v) is 15.4. The molecule has 4 nitrogen and oxygen atoms in total. The van der Waals surface area contributed by atoms with Gasteiger partial charge in [-0.05, 0) is 37.3 Å². The minimum atomic E-state index is -0.127. The lowest BCUT2D eigenvalue weighted by Crippen LogP contribution is -2.25. The first-order valence-electron chi connectivity index (χ1n) is 8.03. The fraction of sp³-hybridized carbons (Fsp3) is 0.250. The van der Waals surface area contributed by atoms with Crippen molar-refractivity contribution in [1.82, 2.24) is 5.32 Å². The Kier molecular flexibility index (Phi) is 7.41. The van der Waals surface area contributed by atoms with Crippen LogP contribution >= 0.6 is 11.8 Å². The SMILES string of the molecule is C=CCOc1ccc(C(=O)NCCSc2ccc(C)cc2)cc1OC. The number of methoxy groups -OCH3 is 1. The number of thioether (sulfide) groups is 1. The van der Waals surface area contributed by atoms with Crippen LogP contribution in [-0.4, -0.2) is 31.9 Å². The zero-order chi connectivity index (χ0) is 18.1. The van der Waals surface area contributed by atoms with E-state index in [0.717, 1.165) is 5.75 Å². The topological polar surface area (TPSA) is 47.6 Å². The van der Waals surface area contributed by atoms with Gasteiger partial charge in [0.05, 0.1) is 7.11 Å². The summed E-state index contributed by atoms with van der Waals surface area (Å²) in [6.07, 6.45) is 1.66. The van der Waals surface area contributed by atoms with E-state index < -0.39 is 0 Å². The van der Waals surface area contributed by atoms with Crippen LogP contribution in [0, 0.1) is 6.92 Å². The molecule has 0 aliphatic carbocycles. The van der Waals surface area contributed by atoms with Crippen LogP contribution in [0.1, 0.15) is 15.9 Å². The highest BCUT2D eigenvalue weighted by Crippen LogP contribution is 2.28. The van der Waals surface area contributed by atoms with Gasteiger partial charge in [0.1, 0.15) is 6.61 Å². The van der Waals surface area contributed by atoms with Crippen molar-refractivity contribution in [3.8, 4) is 11.5 Å². The third kappa shape index (κ3) is 5.87. The average molecular weight is 357 g/mol. The predicted molar refractivity (Wildman–Crippen MR) is 103 cm³/mol. The van der Waals surface area contributed by atoms with Crippen LogP contribution in [0.3, 0.4) is 0 Å². The van der Waals surface area contributed by atoms with E-state index in [1.807, 2.05) is 0 Å². The lowest BCUT2D eigenvalue weighted by atomic mass is 10.2. The highest BCUT2D eigenvalue weighted by atomic mass is 32.2. The van der Waals surface area contributed by atoms with Gasteiger partial charge in [0.25, 0.3) is 5.91 Å². The van der Waals surface area contributed by atoms with Crippen molar-refractivity contribution in [3.05, 3.63) is 66.2 Å². The smallest absolute Gasteiger partial charge is 0.251 e. The lowest BCUT2D eigenvalue weighted by Gasteiger charge is -2.11. The molecule has 0 heterocycles. The van der Waals surface area contributed by atoms with Gasteiger partial charge in [0.15, 0.2) is 11.5 Å². The second-order valence-electron chi connectivity index (χ2n) is 5.38. The Bertz CT molecular complexity index is 713. The number of hydrogen-bond acceptors (Lipinski definition) is 4. The number of aryl methyl sites for hydroxylation is 1. The van der Waals surface area contributed by atoms with Crippen LogP contribution in [0.4, 0.5) is 0 Å².